The first-order chi connectivity index (χ1) is 7.22. The summed E-state index contributed by atoms with van der Waals surface area (Å²) in [6.07, 6.45) is 1.93. The van der Waals surface area contributed by atoms with E-state index in [9.17, 15) is 4.79 Å². The number of benzene rings is 1. The van der Waals surface area contributed by atoms with Crippen molar-refractivity contribution in [2.45, 2.75) is 20.3 Å². The molecule has 1 aromatic rings. The molecule has 0 heterocycles. The zero-order valence-electron chi connectivity index (χ0n) is 9.16. The van der Waals surface area contributed by atoms with Crippen LogP contribution in [0.3, 0.4) is 0 Å². The molecule has 0 bridgehead atoms. The van der Waals surface area contributed by atoms with Gasteiger partial charge in [-0.05, 0) is 31.5 Å². The largest absolute Gasteiger partial charge is 0.371 e. The normalized spacial score (nSPS) is 10.1. The Bertz CT molecular complexity index is 338. The number of anilines is 1. The molecule has 0 amide bonds. The number of carbonyl (C=O) groups excluding carboxylic acids is 1. The van der Waals surface area contributed by atoms with Crippen LogP contribution in [0.4, 0.5) is 5.69 Å². The van der Waals surface area contributed by atoms with Crippen LogP contribution in [0.25, 0.3) is 0 Å². The summed E-state index contributed by atoms with van der Waals surface area (Å²) in [6.45, 7) is 6.02. The summed E-state index contributed by atoms with van der Waals surface area (Å²) in [5, 5.41) is 0.671. The first-order valence-electron chi connectivity index (χ1n) is 5.22. The van der Waals surface area contributed by atoms with Crippen LogP contribution in [0.5, 0.6) is 0 Å². The Morgan fingerprint density at radius 3 is 2.67 bits per heavy atom. The number of hydrogen-bond acceptors (Lipinski definition) is 2. The van der Waals surface area contributed by atoms with Crippen molar-refractivity contribution in [1.29, 1.82) is 0 Å². The summed E-state index contributed by atoms with van der Waals surface area (Å²) < 4.78 is 0. The summed E-state index contributed by atoms with van der Waals surface area (Å²) in [4.78, 5) is 13.1. The molecule has 15 heavy (non-hydrogen) atoms. The lowest BCUT2D eigenvalue weighted by Gasteiger charge is -2.24. The molecule has 0 N–H and O–H groups in total. The summed E-state index contributed by atoms with van der Waals surface area (Å²) in [6, 6.07) is 5.36. The maximum Gasteiger partial charge on any atom is 0.152 e. The van der Waals surface area contributed by atoms with Gasteiger partial charge in [0.05, 0.1) is 0 Å². The van der Waals surface area contributed by atoms with Crippen molar-refractivity contribution in [2.24, 2.45) is 0 Å². The van der Waals surface area contributed by atoms with Gasteiger partial charge in [-0.3, -0.25) is 4.79 Å². The molecule has 0 fully saturated rings. The third-order valence-electron chi connectivity index (χ3n) is 2.34. The molecule has 82 valence electrons. The lowest BCUT2D eigenvalue weighted by Crippen LogP contribution is -2.24. The van der Waals surface area contributed by atoms with Crippen molar-refractivity contribution in [1.82, 2.24) is 0 Å². The maximum absolute atomic E-state index is 10.9. The van der Waals surface area contributed by atoms with E-state index in [1.165, 1.54) is 0 Å². The molecular weight excluding hydrogens is 210 g/mol. The second-order valence-electron chi connectivity index (χ2n) is 3.40. The van der Waals surface area contributed by atoms with Crippen molar-refractivity contribution in [3.63, 3.8) is 0 Å². The molecule has 2 nitrogen and oxygen atoms in total. The van der Waals surface area contributed by atoms with Crippen molar-refractivity contribution >= 4 is 23.6 Å². The zero-order chi connectivity index (χ0) is 11.3. The molecule has 0 saturated heterocycles. The zero-order valence-corrected chi connectivity index (χ0v) is 9.92. The van der Waals surface area contributed by atoms with Crippen molar-refractivity contribution in [2.75, 3.05) is 18.0 Å². The number of rotatable bonds is 5. The molecule has 0 aliphatic carbocycles. The molecule has 0 aromatic heterocycles. The van der Waals surface area contributed by atoms with Crippen LogP contribution in [-0.4, -0.2) is 19.4 Å². The van der Waals surface area contributed by atoms with Gasteiger partial charge in [-0.1, -0.05) is 18.5 Å². The van der Waals surface area contributed by atoms with Crippen LogP contribution in [0.2, 0.25) is 5.02 Å². The van der Waals surface area contributed by atoms with Crippen molar-refractivity contribution < 1.29 is 4.79 Å². The van der Waals surface area contributed by atoms with Crippen LogP contribution in [0.15, 0.2) is 18.2 Å². The molecule has 0 atom stereocenters. The fourth-order valence-corrected chi connectivity index (χ4v) is 1.78. The second kappa shape index (κ2) is 5.76. The minimum absolute atomic E-state index is 0.671. The Kier molecular flexibility index (Phi) is 4.63. The summed E-state index contributed by atoms with van der Waals surface area (Å²) >= 11 is 5.93. The van der Waals surface area contributed by atoms with Gasteiger partial charge in [0.15, 0.2) is 6.29 Å². The Morgan fingerprint density at radius 2 is 2.13 bits per heavy atom. The molecule has 0 aliphatic rings. The molecule has 0 unspecified atom stereocenters. The molecular formula is C12H16ClNO. The lowest BCUT2D eigenvalue weighted by molar-refractivity contribution is 0.112. The predicted octanol–water partition coefficient (Wildman–Crippen LogP) is 3.39. The molecule has 0 spiro atoms. The highest BCUT2D eigenvalue weighted by Crippen LogP contribution is 2.23. The average Bonchev–Trinajstić information content (AvgIpc) is 2.26. The van der Waals surface area contributed by atoms with Gasteiger partial charge < -0.3 is 4.90 Å². The standard InChI is InChI=1S/C12H16ClNO/c1-3-7-14(4-2)12-8-11(13)6-5-10(12)9-15/h5-6,8-9H,3-4,7H2,1-2H3. The number of nitrogens with zero attached hydrogens (tertiary/aromatic N) is 1. The monoisotopic (exact) mass is 225 g/mol. The summed E-state index contributed by atoms with van der Waals surface area (Å²) in [5.41, 5.74) is 1.64. The number of carbonyl (C=O) groups is 1. The van der Waals surface area contributed by atoms with Gasteiger partial charge in [-0.15, -0.1) is 0 Å². The van der Waals surface area contributed by atoms with E-state index in [1.807, 2.05) is 6.07 Å². The van der Waals surface area contributed by atoms with Gasteiger partial charge in [0.1, 0.15) is 0 Å². The Labute approximate surface area is 95.8 Å². The van der Waals surface area contributed by atoms with E-state index in [-0.39, 0.29) is 0 Å². The van der Waals surface area contributed by atoms with E-state index < -0.39 is 0 Å². The van der Waals surface area contributed by atoms with Gasteiger partial charge in [-0.2, -0.15) is 0 Å². The van der Waals surface area contributed by atoms with E-state index in [1.54, 1.807) is 12.1 Å². The van der Waals surface area contributed by atoms with Gasteiger partial charge in [0.25, 0.3) is 0 Å². The van der Waals surface area contributed by atoms with Crippen LogP contribution < -0.4 is 4.90 Å². The third-order valence-corrected chi connectivity index (χ3v) is 2.57. The highest BCUT2D eigenvalue weighted by molar-refractivity contribution is 6.31. The van der Waals surface area contributed by atoms with Gasteiger partial charge in [0.2, 0.25) is 0 Å². The molecule has 1 rings (SSSR count). The van der Waals surface area contributed by atoms with E-state index in [4.69, 9.17) is 11.6 Å². The van der Waals surface area contributed by atoms with Crippen LogP contribution >= 0.6 is 11.6 Å². The van der Waals surface area contributed by atoms with E-state index >= 15 is 0 Å². The fourth-order valence-electron chi connectivity index (χ4n) is 1.61. The first-order valence-corrected chi connectivity index (χ1v) is 5.60. The maximum atomic E-state index is 10.9. The predicted molar refractivity (Wildman–Crippen MR) is 65.0 cm³/mol. The fraction of sp³-hybridized carbons (Fsp3) is 0.417. The number of aldehydes is 1. The molecule has 1 aromatic carbocycles. The van der Waals surface area contributed by atoms with Crippen LogP contribution in [0.1, 0.15) is 30.6 Å². The van der Waals surface area contributed by atoms with Gasteiger partial charge >= 0.3 is 0 Å². The molecule has 0 radical (unpaired) electrons. The van der Waals surface area contributed by atoms with Gasteiger partial charge in [-0.25, -0.2) is 0 Å². The van der Waals surface area contributed by atoms with Crippen LogP contribution in [-0.2, 0) is 0 Å². The minimum atomic E-state index is 0.671. The van der Waals surface area contributed by atoms with Crippen molar-refractivity contribution in [3.8, 4) is 0 Å². The molecule has 3 heteroatoms. The molecule has 0 saturated carbocycles. The Balaban J connectivity index is 3.07. The Hall–Kier alpha value is -1.02. The summed E-state index contributed by atoms with van der Waals surface area (Å²) in [7, 11) is 0. The smallest absolute Gasteiger partial charge is 0.152 e. The topological polar surface area (TPSA) is 20.3 Å². The third kappa shape index (κ3) is 2.96. The average molecular weight is 226 g/mol. The van der Waals surface area contributed by atoms with E-state index in [0.717, 1.165) is 31.5 Å². The highest BCUT2D eigenvalue weighted by Gasteiger charge is 2.08. The quantitative estimate of drug-likeness (QED) is 0.716. The number of hydrogen-bond donors (Lipinski definition) is 0. The Morgan fingerprint density at radius 1 is 1.40 bits per heavy atom. The van der Waals surface area contributed by atoms with Crippen LogP contribution in [0, 0.1) is 0 Å². The highest BCUT2D eigenvalue weighted by atomic mass is 35.5. The number of halogens is 1. The first kappa shape index (κ1) is 12.1. The van der Waals surface area contributed by atoms with Gasteiger partial charge in [0, 0.05) is 29.4 Å². The summed E-state index contributed by atoms with van der Waals surface area (Å²) in [5.74, 6) is 0. The molecule has 0 aliphatic heterocycles. The lowest BCUT2D eigenvalue weighted by atomic mass is 10.1. The van der Waals surface area contributed by atoms with Crippen molar-refractivity contribution in [3.05, 3.63) is 28.8 Å². The SMILES string of the molecule is CCCN(CC)c1cc(Cl)ccc1C=O. The second-order valence-corrected chi connectivity index (χ2v) is 3.84. The minimum Gasteiger partial charge on any atom is -0.371 e. The van der Waals surface area contributed by atoms with E-state index in [0.29, 0.717) is 10.6 Å². The van der Waals surface area contributed by atoms with E-state index in [2.05, 4.69) is 18.7 Å².